The lowest BCUT2D eigenvalue weighted by Crippen LogP contribution is -2.30. The van der Waals surface area contributed by atoms with Crippen molar-refractivity contribution in [1.82, 2.24) is 25.1 Å². The number of carbonyl (C=O) groups excluding carboxylic acids is 1. The summed E-state index contributed by atoms with van der Waals surface area (Å²) in [5, 5.41) is 10.2. The van der Waals surface area contributed by atoms with Gasteiger partial charge in [0.05, 0.1) is 12.1 Å². The Morgan fingerprint density at radius 3 is 2.69 bits per heavy atom. The minimum atomic E-state index is -0.312. The van der Waals surface area contributed by atoms with Crippen LogP contribution in [0.2, 0.25) is 0 Å². The van der Waals surface area contributed by atoms with Crippen molar-refractivity contribution in [1.29, 1.82) is 0 Å². The number of nitrogens with one attached hydrogen (secondary N) is 2. The first-order chi connectivity index (χ1) is 12.6. The maximum absolute atomic E-state index is 12.8. The smallest absolute Gasteiger partial charge is 0.224 e. The maximum atomic E-state index is 12.8. The van der Waals surface area contributed by atoms with Crippen LogP contribution in [0.4, 0.5) is 10.2 Å². The molecule has 2 heterocycles. The monoisotopic (exact) mass is 354 g/mol. The molecule has 1 aromatic carbocycles. The largest absolute Gasteiger partial charge is 0.368 e. The summed E-state index contributed by atoms with van der Waals surface area (Å²) in [6, 6.07) is 9.58. The van der Waals surface area contributed by atoms with Gasteiger partial charge in [0, 0.05) is 25.4 Å². The van der Waals surface area contributed by atoms with Crippen molar-refractivity contribution in [2.45, 2.75) is 13.3 Å². The van der Waals surface area contributed by atoms with E-state index in [0.29, 0.717) is 24.7 Å². The second-order valence-electron chi connectivity index (χ2n) is 5.74. The van der Waals surface area contributed by atoms with Crippen LogP contribution in [-0.4, -0.2) is 38.7 Å². The molecular weight excluding hydrogens is 335 g/mol. The van der Waals surface area contributed by atoms with Crippen LogP contribution in [0.1, 0.15) is 11.3 Å². The molecule has 7 nitrogen and oxygen atoms in total. The SMILES string of the molecule is Cc1ccn(-c2cc(NCCNC(=O)Cc3ccc(F)cc3)ncn2)n1. The van der Waals surface area contributed by atoms with Crippen LogP contribution in [0.15, 0.2) is 48.9 Å². The van der Waals surface area contributed by atoms with Gasteiger partial charge in [-0.15, -0.1) is 0 Å². The summed E-state index contributed by atoms with van der Waals surface area (Å²) in [4.78, 5) is 20.2. The molecule has 0 aliphatic rings. The van der Waals surface area contributed by atoms with Gasteiger partial charge in [-0.05, 0) is 30.7 Å². The molecule has 0 radical (unpaired) electrons. The molecule has 3 rings (SSSR count). The Bertz CT molecular complexity index is 877. The lowest BCUT2D eigenvalue weighted by molar-refractivity contribution is -0.120. The third-order valence-electron chi connectivity index (χ3n) is 3.64. The van der Waals surface area contributed by atoms with Gasteiger partial charge in [-0.2, -0.15) is 5.10 Å². The van der Waals surface area contributed by atoms with Crippen LogP contribution >= 0.6 is 0 Å². The molecule has 134 valence electrons. The van der Waals surface area contributed by atoms with Crippen molar-refractivity contribution in [2.75, 3.05) is 18.4 Å². The molecule has 0 saturated carbocycles. The number of aromatic nitrogens is 4. The van der Waals surface area contributed by atoms with Crippen LogP contribution in [0.3, 0.4) is 0 Å². The summed E-state index contributed by atoms with van der Waals surface area (Å²) in [5.74, 6) is 0.883. The lowest BCUT2D eigenvalue weighted by atomic mass is 10.1. The highest BCUT2D eigenvalue weighted by molar-refractivity contribution is 5.78. The highest BCUT2D eigenvalue weighted by Crippen LogP contribution is 2.08. The quantitative estimate of drug-likeness (QED) is 0.633. The minimum absolute atomic E-state index is 0.117. The highest BCUT2D eigenvalue weighted by Gasteiger charge is 2.04. The number of benzene rings is 1. The van der Waals surface area contributed by atoms with Crippen LogP contribution in [0.25, 0.3) is 5.82 Å². The van der Waals surface area contributed by atoms with Crippen molar-refractivity contribution < 1.29 is 9.18 Å². The number of anilines is 1. The number of aryl methyl sites for hydroxylation is 1. The first-order valence-electron chi connectivity index (χ1n) is 8.20. The molecular formula is C18H19FN6O. The summed E-state index contributed by atoms with van der Waals surface area (Å²) in [7, 11) is 0. The van der Waals surface area contributed by atoms with Crippen molar-refractivity contribution >= 4 is 11.7 Å². The van der Waals surface area contributed by atoms with Gasteiger partial charge in [0.25, 0.3) is 0 Å². The predicted molar refractivity (Wildman–Crippen MR) is 95.5 cm³/mol. The lowest BCUT2D eigenvalue weighted by Gasteiger charge is -2.08. The number of hydrogen-bond acceptors (Lipinski definition) is 5. The second kappa shape index (κ2) is 8.19. The van der Waals surface area contributed by atoms with Gasteiger partial charge in [0.1, 0.15) is 18.0 Å². The zero-order valence-corrected chi connectivity index (χ0v) is 14.3. The summed E-state index contributed by atoms with van der Waals surface area (Å²) in [6.07, 6.45) is 3.51. The van der Waals surface area contributed by atoms with Crippen molar-refractivity contribution in [3.05, 3.63) is 66.0 Å². The fourth-order valence-electron chi connectivity index (χ4n) is 2.35. The maximum Gasteiger partial charge on any atom is 0.224 e. The van der Waals surface area contributed by atoms with E-state index in [1.54, 1.807) is 22.9 Å². The van der Waals surface area contributed by atoms with E-state index in [1.807, 2.05) is 19.2 Å². The molecule has 0 aliphatic heterocycles. The number of halogens is 1. The third kappa shape index (κ3) is 4.85. The fourth-order valence-corrected chi connectivity index (χ4v) is 2.35. The molecule has 0 spiro atoms. The average Bonchev–Trinajstić information content (AvgIpc) is 3.07. The molecule has 2 N–H and O–H groups in total. The molecule has 0 aliphatic carbocycles. The van der Waals surface area contributed by atoms with Crippen LogP contribution in [0, 0.1) is 12.7 Å². The van der Waals surface area contributed by atoms with E-state index in [4.69, 9.17) is 0 Å². The molecule has 0 bridgehead atoms. The molecule has 0 unspecified atom stereocenters. The molecule has 0 saturated heterocycles. The number of carbonyl (C=O) groups is 1. The molecule has 26 heavy (non-hydrogen) atoms. The summed E-state index contributed by atoms with van der Waals surface area (Å²) in [5.41, 5.74) is 1.67. The molecule has 0 atom stereocenters. The normalized spacial score (nSPS) is 10.5. The molecule has 0 fully saturated rings. The van der Waals surface area contributed by atoms with Gasteiger partial charge in [0.2, 0.25) is 5.91 Å². The van der Waals surface area contributed by atoms with Crippen LogP contribution in [0.5, 0.6) is 0 Å². The van der Waals surface area contributed by atoms with E-state index in [2.05, 4.69) is 25.7 Å². The van der Waals surface area contributed by atoms with E-state index in [0.717, 1.165) is 11.3 Å². The summed E-state index contributed by atoms with van der Waals surface area (Å²) in [6.45, 7) is 2.87. The Labute approximate surface area is 150 Å². The van der Waals surface area contributed by atoms with Gasteiger partial charge >= 0.3 is 0 Å². The summed E-state index contributed by atoms with van der Waals surface area (Å²) < 4.78 is 14.5. The number of amides is 1. The van der Waals surface area contributed by atoms with Gasteiger partial charge in [0.15, 0.2) is 5.82 Å². The topological polar surface area (TPSA) is 84.7 Å². The van der Waals surface area contributed by atoms with E-state index < -0.39 is 0 Å². The first kappa shape index (κ1) is 17.5. The van der Waals surface area contributed by atoms with E-state index in [9.17, 15) is 9.18 Å². The Balaban J connectivity index is 1.45. The molecule has 8 heteroatoms. The average molecular weight is 354 g/mol. The second-order valence-corrected chi connectivity index (χ2v) is 5.74. The highest BCUT2D eigenvalue weighted by atomic mass is 19.1. The van der Waals surface area contributed by atoms with E-state index in [-0.39, 0.29) is 18.1 Å². The van der Waals surface area contributed by atoms with Crippen molar-refractivity contribution in [2.24, 2.45) is 0 Å². The van der Waals surface area contributed by atoms with Gasteiger partial charge < -0.3 is 10.6 Å². The minimum Gasteiger partial charge on any atom is -0.368 e. The fraction of sp³-hybridized carbons (Fsp3) is 0.222. The summed E-state index contributed by atoms with van der Waals surface area (Å²) >= 11 is 0. The Morgan fingerprint density at radius 2 is 1.96 bits per heavy atom. The molecule has 3 aromatic rings. The third-order valence-corrected chi connectivity index (χ3v) is 3.64. The predicted octanol–water partition coefficient (Wildman–Crippen LogP) is 1.88. The van der Waals surface area contributed by atoms with Gasteiger partial charge in [-0.3, -0.25) is 4.79 Å². The standard InChI is InChI=1S/C18H19FN6O/c1-13-6-9-25(24-13)17-11-16(22-12-23-17)20-7-8-21-18(26)10-14-2-4-15(19)5-3-14/h2-6,9,11-12H,7-8,10H2,1H3,(H,21,26)(H,20,22,23). The zero-order chi connectivity index (χ0) is 18.4. The van der Waals surface area contributed by atoms with Crippen molar-refractivity contribution in [3.63, 3.8) is 0 Å². The van der Waals surface area contributed by atoms with E-state index in [1.165, 1.54) is 18.5 Å². The van der Waals surface area contributed by atoms with Gasteiger partial charge in [-0.1, -0.05) is 12.1 Å². The zero-order valence-electron chi connectivity index (χ0n) is 14.3. The Hall–Kier alpha value is -3.29. The molecule has 2 aromatic heterocycles. The van der Waals surface area contributed by atoms with Gasteiger partial charge in [-0.25, -0.2) is 19.0 Å². The number of hydrogen-bond donors (Lipinski definition) is 2. The Kier molecular flexibility index (Phi) is 5.52. The number of rotatable bonds is 7. The van der Waals surface area contributed by atoms with E-state index >= 15 is 0 Å². The molecule has 1 amide bonds. The van der Waals surface area contributed by atoms with Crippen LogP contribution < -0.4 is 10.6 Å². The van der Waals surface area contributed by atoms with Crippen molar-refractivity contribution in [3.8, 4) is 5.82 Å². The van der Waals surface area contributed by atoms with Crippen LogP contribution in [-0.2, 0) is 11.2 Å². The Morgan fingerprint density at radius 1 is 1.15 bits per heavy atom. The first-order valence-corrected chi connectivity index (χ1v) is 8.20. The number of nitrogens with zero attached hydrogens (tertiary/aromatic N) is 4.